The number of hydrogen-bond donors (Lipinski definition) is 1. The van der Waals surface area contributed by atoms with Crippen LogP contribution >= 0.6 is 11.3 Å². The number of thiophene rings is 1. The van der Waals surface area contributed by atoms with E-state index in [1.807, 2.05) is 48.7 Å². The fourth-order valence-corrected chi connectivity index (χ4v) is 3.60. The van der Waals surface area contributed by atoms with Crippen molar-refractivity contribution in [3.05, 3.63) is 47.3 Å². The Labute approximate surface area is 129 Å². The standard InChI is InChI=1S/C15H14N2O2S2/c1-10-5-7-11(8-6-10)21(18)15-14(16-2)19-13(17-15)12-4-3-9-20-12/h3-9,16H,1-2H3. The molecular formula is C15H14N2O2S2. The van der Waals surface area contributed by atoms with Crippen LogP contribution in [0.4, 0.5) is 5.88 Å². The van der Waals surface area contributed by atoms with Gasteiger partial charge in [0.25, 0.3) is 0 Å². The molecule has 6 heteroatoms. The summed E-state index contributed by atoms with van der Waals surface area (Å²) < 4.78 is 18.3. The molecule has 108 valence electrons. The molecule has 0 aliphatic rings. The molecule has 0 saturated heterocycles. The van der Waals surface area contributed by atoms with Gasteiger partial charge in [0.2, 0.25) is 11.8 Å². The number of anilines is 1. The first kappa shape index (κ1) is 14.0. The van der Waals surface area contributed by atoms with E-state index in [-0.39, 0.29) is 0 Å². The monoisotopic (exact) mass is 318 g/mol. The molecule has 0 spiro atoms. The molecule has 0 aliphatic carbocycles. The third kappa shape index (κ3) is 2.77. The molecular weight excluding hydrogens is 304 g/mol. The van der Waals surface area contributed by atoms with Crippen LogP contribution in [0.15, 0.2) is 56.1 Å². The second kappa shape index (κ2) is 5.83. The van der Waals surface area contributed by atoms with Gasteiger partial charge in [0.1, 0.15) is 10.8 Å². The molecule has 1 aromatic carbocycles. The summed E-state index contributed by atoms with van der Waals surface area (Å²) in [7, 11) is 0.361. The van der Waals surface area contributed by atoms with Crippen molar-refractivity contribution < 1.29 is 8.63 Å². The van der Waals surface area contributed by atoms with Crippen LogP contribution < -0.4 is 5.32 Å². The van der Waals surface area contributed by atoms with E-state index in [1.54, 1.807) is 7.05 Å². The summed E-state index contributed by atoms with van der Waals surface area (Å²) in [6, 6.07) is 11.4. The molecule has 21 heavy (non-hydrogen) atoms. The fraction of sp³-hybridized carbons (Fsp3) is 0.133. The van der Waals surface area contributed by atoms with E-state index in [1.165, 1.54) is 11.3 Å². The van der Waals surface area contributed by atoms with Gasteiger partial charge < -0.3 is 9.73 Å². The zero-order valence-electron chi connectivity index (χ0n) is 11.6. The van der Waals surface area contributed by atoms with Crippen molar-refractivity contribution >= 4 is 28.0 Å². The van der Waals surface area contributed by atoms with Gasteiger partial charge in [-0.1, -0.05) is 23.8 Å². The Hall–Kier alpha value is -1.92. The zero-order valence-corrected chi connectivity index (χ0v) is 13.3. The Morgan fingerprint density at radius 2 is 2.00 bits per heavy atom. The molecule has 1 atom stereocenters. The number of nitrogens with zero attached hydrogens (tertiary/aromatic N) is 1. The molecule has 0 radical (unpaired) electrons. The Balaban J connectivity index is 2.01. The lowest BCUT2D eigenvalue weighted by atomic mass is 10.2. The van der Waals surface area contributed by atoms with Crippen molar-refractivity contribution in [2.45, 2.75) is 16.8 Å². The first-order chi connectivity index (χ1) is 10.2. The normalized spacial score (nSPS) is 12.3. The molecule has 0 aliphatic heterocycles. The molecule has 2 heterocycles. The summed E-state index contributed by atoms with van der Waals surface area (Å²) in [4.78, 5) is 6.03. The smallest absolute Gasteiger partial charge is 0.240 e. The molecule has 0 fully saturated rings. The molecule has 4 nitrogen and oxygen atoms in total. The maximum absolute atomic E-state index is 12.7. The molecule has 0 saturated carbocycles. The number of aryl methyl sites for hydroxylation is 1. The van der Waals surface area contributed by atoms with E-state index < -0.39 is 10.8 Å². The third-order valence-electron chi connectivity index (χ3n) is 2.97. The zero-order chi connectivity index (χ0) is 14.8. The molecule has 3 rings (SSSR count). The molecule has 1 N–H and O–H groups in total. The second-order valence-corrected chi connectivity index (χ2v) is 6.81. The van der Waals surface area contributed by atoms with Gasteiger partial charge >= 0.3 is 0 Å². The number of rotatable bonds is 4. The van der Waals surface area contributed by atoms with E-state index in [0.717, 1.165) is 10.4 Å². The lowest BCUT2D eigenvalue weighted by Crippen LogP contribution is -1.98. The molecule has 1 unspecified atom stereocenters. The predicted molar refractivity (Wildman–Crippen MR) is 85.2 cm³/mol. The Kier molecular flexibility index (Phi) is 3.90. The summed E-state index contributed by atoms with van der Waals surface area (Å²) in [6.07, 6.45) is 0. The summed E-state index contributed by atoms with van der Waals surface area (Å²) in [6.45, 7) is 2.00. The van der Waals surface area contributed by atoms with E-state index >= 15 is 0 Å². The van der Waals surface area contributed by atoms with Crippen LogP contribution in [-0.2, 0) is 10.8 Å². The van der Waals surface area contributed by atoms with Crippen molar-refractivity contribution in [1.29, 1.82) is 0 Å². The van der Waals surface area contributed by atoms with Crippen molar-refractivity contribution in [3.63, 3.8) is 0 Å². The number of hydrogen-bond acceptors (Lipinski definition) is 5. The minimum absolute atomic E-state index is 0.421. The lowest BCUT2D eigenvalue weighted by Gasteiger charge is -2.01. The summed E-state index contributed by atoms with van der Waals surface area (Å²) in [5.41, 5.74) is 1.13. The van der Waals surface area contributed by atoms with Crippen molar-refractivity contribution in [2.75, 3.05) is 12.4 Å². The fourth-order valence-electron chi connectivity index (χ4n) is 1.87. The van der Waals surface area contributed by atoms with Crippen LogP contribution in [0.25, 0.3) is 10.8 Å². The van der Waals surface area contributed by atoms with Crippen LogP contribution in [0, 0.1) is 6.92 Å². The lowest BCUT2D eigenvalue weighted by molar-refractivity contribution is 0.588. The minimum atomic E-state index is -1.37. The van der Waals surface area contributed by atoms with Gasteiger partial charge in [0.15, 0.2) is 5.03 Å². The third-order valence-corrected chi connectivity index (χ3v) is 5.15. The highest BCUT2D eigenvalue weighted by atomic mass is 32.2. The van der Waals surface area contributed by atoms with E-state index in [4.69, 9.17) is 4.42 Å². The quantitative estimate of drug-likeness (QED) is 0.792. The van der Waals surface area contributed by atoms with E-state index in [2.05, 4.69) is 10.3 Å². The van der Waals surface area contributed by atoms with Gasteiger partial charge in [0, 0.05) is 11.9 Å². The SMILES string of the molecule is CNc1oc(-c2cccs2)nc1S(=O)c1ccc(C)cc1. The van der Waals surface area contributed by atoms with Gasteiger partial charge in [-0.15, -0.1) is 11.3 Å². The highest BCUT2D eigenvalue weighted by Crippen LogP contribution is 2.31. The summed E-state index contributed by atoms with van der Waals surface area (Å²) in [5, 5.41) is 5.30. The maximum atomic E-state index is 12.7. The largest absolute Gasteiger partial charge is 0.418 e. The van der Waals surface area contributed by atoms with Crippen molar-refractivity contribution in [1.82, 2.24) is 4.98 Å². The van der Waals surface area contributed by atoms with Gasteiger partial charge in [-0.3, -0.25) is 0 Å². The van der Waals surface area contributed by atoms with Crippen LogP contribution in [0.2, 0.25) is 0 Å². The van der Waals surface area contributed by atoms with Crippen LogP contribution in [0.3, 0.4) is 0 Å². The highest BCUT2D eigenvalue weighted by Gasteiger charge is 2.20. The van der Waals surface area contributed by atoms with E-state index in [0.29, 0.717) is 21.7 Å². The average Bonchev–Trinajstić information content (AvgIpc) is 3.16. The second-order valence-electron chi connectivity index (χ2n) is 4.46. The highest BCUT2D eigenvalue weighted by molar-refractivity contribution is 7.85. The van der Waals surface area contributed by atoms with Crippen molar-refractivity contribution in [3.8, 4) is 10.8 Å². The average molecular weight is 318 g/mol. The van der Waals surface area contributed by atoms with Crippen LogP contribution in [-0.4, -0.2) is 16.2 Å². The molecule has 2 aromatic heterocycles. The Morgan fingerprint density at radius 3 is 2.62 bits per heavy atom. The van der Waals surface area contributed by atoms with Gasteiger partial charge in [-0.2, -0.15) is 4.98 Å². The number of nitrogens with one attached hydrogen (secondary N) is 1. The number of benzene rings is 1. The van der Waals surface area contributed by atoms with Crippen LogP contribution in [0.1, 0.15) is 5.56 Å². The topological polar surface area (TPSA) is 55.1 Å². The Bertz CT molecular complexity index is 762. The number of aromatic nitrogens is 1. The number of oxazole rings is 1. The van der Waals surface area contributed by atoms with E-state index in [9.17, 15) is 4.21 Å². The molecule has 3 aromatic rings. The van der Waals surface area contributed by atoms with Crippen LogP contribution in [0.5, 0.6) is 0 Å². The molecule has 0 amide bonds. The van der Waals surface area contributed by atoms with Gasteiger partial charge in [-0.05, 0) is 30.5 Å². The minimum Gasteiger partial charge on any atom is -0.418 e. The summed E-state index contributed by atoms with van der Waals surface area (Å²) in [5.74, 6) is 0.933. The molecule has 0 bridgehead atoms. The van der Waals surface area contributed by atoms with Gasteiger partial charge in [0.05, 0.1) is 4.88 Å². The van der Waals surface area contributed by atoms with Crippen molar-refractivity contribution in [2.24, 2.45) is 0 Å². The maximum Gasteiger partial charge on any atom is 0.240 e. The predicted octanol–water partition coefficient (Wildman–Crippen LogP) is 3.92. The Morgan fingerprint density at radius 1 is 1.24 bits per heavy atom. The van der Waals surface area contributed by atoms with Gasteiger partial charge in [-0.25, -0.2) is 4.21 Å². The first-order valence-electron chi connectivity index (χ1n) is 6.40. The summed E-state index contributed by atoms with van der Waals surface area (Å²) >= 11 is 1.54. The first-order valence-corrected chi connectivity index (χ1v) is 8.43.